The standard InChI is InChI=1S/C25H27FN6O2S/c1-4-14(3)28-23(33)20-10-16(12-22-30-25(27)31-32(20)22)17-11-21(35-13-17)24(34)29-19(5-2)15-6-8-18(26)9-7-15/h6-14,19H,4-5H2,1-3H3,(H2,27,31)(H,28,33)(H,29,34)/t14-,19-/m0/s1. The molecule has 2 amide bonds. The fraction of sp³-hybridized carbons (Fsp3) is 0.280. The second-order valence-corrected chi connectivity index (χ2v) is 9.25. The lowest BCUT2D eigenvalue weighted by atomic mass is 10.0. The number of halogens is 1. The molecule has 3 aromatic heterocycles. The lowest BCUT2D eigenvalue weighted by Gasteiger charge is -2.17. The molecule has 10 heteroatoms. The highest BCUT2D eigenvalue weighted by Gasteiger charge is 2.20. The summed E-state index contributed by atoms with van der Waals surface area (Å²) in [5.74, 6) is -0.757. The third-order valence-electron chi connectivity index (χ3n) is 5.82. The van der Waals surface area contributed by atoms with E-state index in [0.717, 1.165) is 23.1 Å². The Hall–Kier alpha value is -3.79. The summed E-state index contributed by atoms with van der Waals surface area (Å²) >= 11 is 1.30. The molecule has 0 aliphatic heterocycles. The Bertz CT molecular complexity index is 1360. The van der Waals surface area contributed by atoms with Gasteiger partial charge in [-0.1, -0.05) is 26.0 Å². The van der Waals surface area contributed by atoms with Crippen LogP contribution in [0, 0.1) is 5.82 Å². The van der Waals surface area contributed by atoms with Crippen LogP contribution in [0.1, 0.15) is 65.4 Å². The van der Waals surface area contributed by atoms with Gasteiger partial charge < -0.3 is 16.4 Å². The highest BCUT2D eigenvalue weighted by molar-refractivity contribution is 7.12. The first kappa shape index (κ1) is 24.3. The van der Waals surface area contributed by atoms with Gasteiger partial charge in [-0.05, 0) is 72.2 Å². The number of benzene rings is 1. The Morgan fingerprint density at radius 1 is 1.06 bits per heavy atom. The minimum atomic E-state index is -0.318. The molecule has 8 nitrogen and oxygen atoms in total. The van der Waals surface area contributed by atoms with E-state index in [9.17, 15) is 14.0 Å². The average Bonchev–Trinajstić information content (AvgIpc) is 3.48. The second kappa shape index (κ2) is 10.2. The van der Waals surface area contributed by atoms with Gasteiger partial charge >= 0.3 is 0 Å². The summed E-state index contributed by atoms with van der Waals surface area (Å²) in [6.45, 7) is 5.87. The number of carbonyl (C=O) groups excluding carboxylic acids is 2. The van der Waals surface area contributed by atoms with Crippen LogP contribution in [0.2, 0.25) is 0 Å². The summed E-state index contributed by atoms with van der Waals surface area (Å²) < 4.78 is 14.7. The van der Waals surface area contributed by atoms with Gasteiger partial charge in [-0.25, -0.2) is 8.91 Å². The van der Waals surface area contributed by atoms with E-state index < -0.39 is 0 Å². The molecule has 0 saturated carbocycles. The van der Waals surface area contributed by atoms with Gasteiger partial charge in [0.15, 0.2) is 5.65 Å². The summed E-state index contributed by atoms with van der Waals surface area (Å²) in [6.07, 6.45) is 1.45. The number of fused-ring (bicyclic) bond motifs is 1. The molecule has 0 saturated heterocycles. The van der Waals surface area contributed by atoms with E-state index in [-0.39, 0.29) is 35.7 Å². The maximum atomic E-state index is 13.3. The summed E-state index contributed by atoms with van der Waals surface area (Å²) in [7, 11) is 0. The first-order chi connectivity index (χ1) is 16.8. The Morgan fingerprint density at radius 3 is 2.49 bits per heavy atom. The van der Waals surface area contributed by atoms with Crippen LogP contribution in [0.5, 0.6) is 0 Å². The van der Waals surface area contributed by atoms with Crippen LogP contribution in [-0.4, -0.2) is 32.5 Å². The number of hydrogen-bond acceptors (Lipinski definition) is 6. The number of amides is 2. The number of carbonyl (C=O) groups is 2. The summed E-state index contributed by atoms with van der Waals surface area (Å²) in [6, 6.07) is 11.1. The summed E-state index contributed by atoms with van der Waals surface area (Å²) in [5, 5.41) is 12.0. The van der Waals surface area contributed by atoms with Crippen molar-refractivity contribution in [2.45, 2.75) is 45.7 Å². The number of anilines is 1. The molecule has 0 spiro atoms. The number of nitrogens with two attached hydrogens (primary N) is 1. The van der Waals surface area contributed by atoms with Crippen LogP contribution in [0.3, 0.4) is 0 Å². The summed E-state index contributed by atoms with van der Waals surface area (Å²) in [4.78, 5) is 30.6. The third-order valence-corrected chi connectivity index (χ3v) is 6.75. The van der Waals surface area contributed by atoms with Gasteiger partial charge in [-0.2, -0.15) is 4.98 Å². The lowest BCUT2D eigenvalue weighted by molar-refractivity contribution is 0.0926. The van der Waals surface area contributed by atoms with E-state index in [1.165, 1.54) is 28.0 Å². The van der Waals surface area contributed by atoms with Gasteiger partial charge in [-0.3, -0.25) is 9.59 Å². The molecule has 1 aromatic carbocycles. The molecule has 0 fully saturated rings. The molecule has 0 aliphatic carbocycles. The van der Waals surface area contributed by atoms with Crippen molar-refractivity contribution >= 4 is 34.7 Å². The van der Waals surface area contributed by atoms with E-state index in [1.807, 2.05) is 26.2 Å². The molecule has 182 valence electrons. The van der Waals surface area contributed by atoms with E-state index in [0.29, 0.717) is 22.6 Å². The maximum absolute atomic E-state index is 13.3. The highest BCUT2D eigenvalue weighted by atomic mass is 32.1. The lowest BCUT2D eigenvalue weighted by Crippen LogP contribution is -2.33. The normalized spacial score (nSPS) is 12.9. The van der Waals surface area contributed by atoms with Crippen molar-refractivity contribution in [3.8, 4) is 11.1 Å². The van der Waals surface area contributed by atoms with Crippen LogP contribution >= 0.6 is 11.3 Å². The van der Waals surface area contributed by atoms with E-state index >= 15 is 0 Å². The predicted molar refractivity (Wildman–Crippen MR) is 135 cm³/mol. The molecule has 0 bridgehead atoms. The molecular formula is C25H27FN6O2S. The van der Waals surface area contributed by atoms with Crippen molar-refractivity contribution in [3.63, 3.8) is 0 Å². The van der Waals surface area contributed by atoms with Crippen LogP contribution in [0.25, 0.3) is 16.8 Å². The number of thiophene rings is 1. The molecule has 4 aromatic rings. The number of nitrogens with one attached hydrogen (secondary N) is 2. The molecule has 35 heavy (non-hydrogen) atoms. The SMILES string of the molecule is CC[C@H](NC(=O)c1cc(-c2cc(C(=O)N[C@@H](C)CC)n3nc(N)nc3c2)cs1)c1ccc(F)cc1. The third kappa shape index (κ3) is 5.32. The van der Waals surface area contributed by atoms with Crippen LogP contribution in [0.15, 0.2) is 47.8 Å². The van der Waals surface area contributed by atoms with E-state index in [2.05, 4.69) is 20.7 Å². The van der Waals surface area contributed by atoms with Crippen molar-refractivity contribution in [2.75, 3.05) is 5.73 Å². The fourth-order valence-corrected chi connectivity index (χ4v) is 4.50. The van der Waals surface area contributed by atoms with Gasteiger partial charge in [-0.15, -0.1) is 16.4 Å². The largest absolute Gasteiger partial charge is 0.366 e. The molecule has 0 radical (unpaired) electrons. The first-order valence-corrected chi connectivity index (χ1v) is 12.3. The minimum Gasteiger partial charge on any atom is -0.366 e. The molecule has 0 aliphatic rings. The van der Waals surface area contributed by atoms with Crippen LogP contribution in [0.4, 0.5) is 10.3 Å². The van der Waals surface area contributed by atoms with Crippen LogP contribution in [-0.2, 0) is 0 Å². The first-order valence-electron chi connectivity index (χ1n) is 11.4. The Labute approximate surface area is 206 Å². The maximum Gasteiger partial charge on any atom is 0.270 e. The van der Waals surface area contributed by atoms with Gasteiger partial charge in [0.05, 0.1) is 10.9 Å². The molecule has 3 heterocycles. The van der Waals surface area contributed by atoms with E-state index in [4.69, 9.17) is 5.73 Å². The minimum absolute atomic E-state index is 0.00820. The topological polar surface area (TPSA) is 114 Å². The number of nitrogen functional groups attached to an aromatic ring is 1. The monoisotopic (exact) mass is 494 g/mol. The van der Waals surface area contributed by atoms with Gasteiger partial charge in [0, 0.05) is 6.04 Å². The Morgan fingerprint density at radius 2 is 1.80 bits per heavy atom. The van der Waals surface area contributed by atoms with Crippen molar-refractivity contribution in [1.82, 2.24) is 25.2 Å². The van der Waals surface area contributed by atoms with Crippen molar-refractivity contribution in [2.24, 2.45) is 0 Å². The molecule has 0 unspecified atom stereocenters. The van der Waals surface area contributed by atoms with Crippen molar-refractivity contribution < 1.29 is 14.0 Å². The van der Waals surface area contributed by atoms with Crippen molar-refractivity contribution in [1.29, 1.82) is 0 Å². The van der Waals surface area contributed by atoms with Gasteiger partial charge in [0.2, 0.25) is 5.95 Å². The number of pyridine rings is 1. The van der Waals surface area contributed by atoms with E-state index in [1.54, 1.807) is 30.3 Å². The molecule has 4 rings (SSSR count). The number of rotatable bonds is 8. The fourth-order valence-electron chi connectivity index (χ4n) is 3.68. The second-order valence-electron chi connectivity index (χ2n) is 8.34. The summed E-state index contributed by atoms with van der Waals surface area (Å²) in [5.41, 5.74) is 8.87. The zero-order valence-electron chi connectivity index (χ0n) is 19.7. The number of nitrogens with zero attached hydrogens (tertiary/aromatic N) is 3. The number of hydrogen-bond donors (Lipinski definition) is 3. The van der Waals surface area contributed by atoms with Gasteiger partial charge in [0.1, 0.15) is 11.5 Å². The highest BCUT2D eigenvalue weighted by Crippen LogP contribution is 2.29. The van der Waals surface area contributed by atoms with Crippen LogP contribution < -0.4 is 16.4 Å². The van der Waals surface area contributed by atoms with Gasteiger partial charge in [0.25, 0.3) is 11.8 Å². The average molecular weight is 495 g/mol. The predicted octanol–water partition coefficient (Wildman–Crippen LogP) is 4.59. The number of aromatic nitrogens is 3. The quantitative estimate of drug-likeness (QED) is 0.332. The molecule has 2 atom stereocenters. The molecule has 4 N–H and O–H groups in total. The Kier molecular flexibility index (Phi) is 7.11. The Balaban J connectivity index is 1.61. The zero-order valence-corrected chi connectivity index (χ0v) is 20.5. The smallest absolute Gasteiger partial charge is 0.270 e. The molecular weight excluding hydrogens is 467 g/mol. The zero-order chi connectivity index (χ0) is 25.1. The van der Waals surface area contributed by atoms with Crippen molar-refractivity contribution in [3.05, 3.63) is 69.8 Å².